The maximum absolute atomic E-state index is 3.65. The van der Waals surface area contributed by atoms with Gasteiger partial charge in [0.2, 0.25) is 0 Å². The Kier molecular flexibility index (Phi) is 4.00. The summed E-state index contributed by atoms with van der Waals surface area (Å²) in [7, 11) is 0. The van der Waals surface area contributed by atoms with Crippen molar-refractivity contribution in [2.45, 2.75) is 45.6 Å². The summed E-state index contributed by atoms with van der Waals surface area (Å²) < 4.78 is 0. The number of rotatable bonds is 5. The highest BCUT2D eigenvalue weighted by atomic mass is 14.9. The van der Waals surface area contributed by atoms with Crippen molar-refractivity contribution in [1.29, 1.82) is 0 Å². The Labute approximate surface area is 99.3 Å². The molecule has 0 amide bonds. The molecule has 0 aromatic heterocycles. The summed E-state index contributed by atoms with van der Waals surface area (Å²) in [6.45, 7) is 5.65. The average molecular weight is 217 g/mol. The van der Waals surface area contributed by atoms with Crippen molar-refractivity contribution in [2.75, 3.05) is 6.54 Å². The fourth-order valence-electron chi connectivity index (χ4n) is 2.18. The molecule has 1 aromatic carbocycles. The lowest BCUT2D eigenvalue weighted by Gasteiger charge is -2.28. The normalized spacial score (nSPS) is 18.1. The molecule has 16 heavy (non-hydrogen) atoms. The van der Waals surface area contributed by atoms with Crippen molar-refractivity contribution in [3.63, 3.8) is 0 Å². The van der Waals surface area contributed by atoms with Gasteiger partial charge in [0.05, 0.1) is 0 Å². The molecule has 0 spiro atoms. The smallest absolute Gasteiger partial charge is 0.00671 e. The van der Waals surface area contributed by atoms with Crippen LogP contribution in [0.2, 0.25) is 0 Å². The molecule has 1 nitrogen and oxygen atoms in total. The molecule has 0 aliphatic heterocycles. The van der Waals surface area contributed by atoms with Crippen LogP contribution in [0.1, 0.15) is 37.3 Å². The monoisotopic (exact) mass is 217 g/mol. The van der Waals surface area contributed by atoms with Crippen molar-refractivity contribution in [3.05, 3.63) is 35.4 Å². The zero-order chi connectivity index (χ0) is 11.4. The predicted molar refractivity (Wildman–Crippen MR) is 69.7 cm³/mol. The minimum atomic E-state index is 0.739. The van der Waals surface area contributed by atoms with Crippen molar-refractivity contribution in [3.8, 4) is 0 Å². The summed E-state index contributed by atoms with van der Waals surface area (Å²) in [5, 5.41) is 3.65. The van der Waals surface area contributed by atoms with E-state index in [9.17, 15) is 0 Å². The number of nitrogens with one attached hydrogen (secondary N) is 1. The standard InChI is InChI=1S/C15H23N/c1-12-6-8-14(9-7-12)10-13(2)11-16-15-4-3-5-15/h6-9,13,15-16H,3-5,10-11H2,1-2H3. The number of hydrogen-bond acceptors (Lipinski definition) is 1. The van der Waals surface area contributed by atoms with E-state index in [1.165, 1.54) is 43.4 Å². The molecular weight excluding hydrogens is 194 g/mol. The van der Waals surface area contributed by atoms with Crippen LogP contribution in [0.4, 0.5) is 0 Å². The highest BCUT2D eigenvalue weighted by Gasteiger charge is 2.17. The molecule has 1 N–H and O–H groups in total. The lowest BCUT2D eigenvalue weighted by Crippen LogP contribution is -2.38. The Morgan fingerprint density at radius 3 is 2.50 bits per heavy atom. The second-order valence-corrected chi connectivity index (χ2v) is 5.33. The molecular formula is C15H23N. The summed E-state index contributed by atoms with van der Waals surface area (Å²) >= 11 is 0. The van der Waals surface area contributed by atoms with Crippen molar-refractivity contribution < 1.29 is 0 Å². The molecule has 1 aromatic rings. The Balaban J connectivity index is 1.73. The summed E-state index contributed by atoms with van der Waals surface area (Å²) in [6.07, 6.45) is 5.39. The summed E-state index contributed by atoms with van der Waals surface area (Å²) in [5.74, 6) is 0.739. The number of hydrogen-bond donors (Lipinski definition) is 1. The van der Waals surface area contributed by atoms with Crippen LogP contribution in [0, 0.1) is 12.8 Å². The first-order valence-corrected chi connectivity index (χ1v) is 6.53. The third-order valence-corrected chi connectivity index (χ3v) is 3.56. The van der Waals surface area contributed by atoms with E-state index in [0.29, 0.717) is 0 Å². The van der Waals surface area contributed by atoms with Gasteiger partial charge in [0, 0.05) is 6.04 Å². The van der Waals surface area contributed by atoms with Crippen LogP contribution >= 0.6 is 0 Å². The number of aryl methyl sites for hydroxylation is 1. The molecule has 1 heteroatoms. The topological polar surface area (TPSA) is 12.0 Å². The molecule has 1 atom stereocenters. The fraction of sp³-hybridized carbons (Fsp3) is 0.600. The highest BCUT2D eigenvalue weighted by molar-refractivity contribution is 5.21. The SMILES string of the molecule is Cc1ccc(CC(C)CNC2CCC2)cc1. The van der Waals surface area contributed by atoms with Gasteiger partial charge in [-0.05, 0) is 44.2 Å². The Hall–Kier alpha value is -0.820. The minimum absolute atomic E-state index is 0.739. The average Bonchev–Trinajstić information content (AvgIpc) is 2.19. The first kappa shape index (κ1) is 11.7. The van der Waals surface area contributed by atoms with E-state index >= 15 is 0 Å². The van der Waals surface area contributed by atoms with Gasteiger partial charge in [0.25, 0.3) is 0 Å². The molecule has 1 fully saturated rings. The van der Waals surface area contributed by atoms with Gasteiger partial charge in [0.1, 0.15) is 0 Å². The number of benzene rings is 1. The van der Waals surface area contributed by atoms with Crippen molar-refractivity contribution in [1.82, 2.24) is 5.32 Å². The Morgan fingerprint density at radius 2 is 1.94 bits per heavy atom. The predicted octanol–water partition coefficient (Wildman–Crippen LogP) is 3.32. The largest absolute Gasteiger partial charge is 0.314 e. The van der Waals surface area contributed by atoms with Gasteiger partial charge in [-0.2, -0.15) is 0 Å². The van der Waals surface area contributed by atoms with Gasteiger partial charge < -0.3 is 5.32 Å². The third-order valence-electron chi connectivity index (χ3n) is 3.56. The van der Waals surface area contributed by atoms with Crippen molar-refractivity contribution in [2.24, 2.45) is 5.92 Å². The van der Waals surface area contributed by atoms with E-state index in [4.69, 9.17) is 0 Å². The van der Waals surface area contributed by atoms with E-state index in [1.54, 1.807) is 0 Å². The molecule has 1 saturated carbocycles. The zero-order valence-electron chi connectivity index (χ0n) is 10.5. The van der Waals surface area contributed by atoms with Crippen LogP contribution in [0.15, 0.2) is 24.3 Å². The van der Waals surface area contributed by atoms with E-state index in [2.05, 4.69) is 43.4 Å². The van der Waals surface area contributed by atoms with Gasteiger partial charge in [-0.3, -0.25) is 0 Å². The van der Waals surface area contributed by atoms with E-state index in [-0.39, 0.29) is 0 Å². The molecule has 0 bridgehead atoms. The maximum atomic E-state index is 3.65. The molecule has 0 saturated heterocycles. The zero-order valence-corrected chi connectivity index (χ0v) is 10.5. The van der Waals surface area contributed by atoms with Gasteiger partial charge in [-0.1, -0.05) is 43.2 Å². The molecule has 1 aliphatic rings. The molecule has 1 unspecified atom stereocenters. The summed E-state index contributed by atoms with van der Waals surface area (Å²) in [5.41, 5.74) is 2.82. The van der Waals surface area contributed by atoms with E-state index < -0.39 is 0 Å². The molecule has 0 radical (unpaired) electrons. The quantitative estimate of drug-likeness (QED) is 0.798. The lowest BCUT2D eigenvalue weighted by atomic mass is 9.92. The first-order valence-electron chi connectivity index (χ1n) is 6.53. The fourth-order valence-corrected chi connectivity index (χ4v) is 2.18. The molecule has 0 heterocycles. The Morgan fingerprint density at radius 1 is 1.25 bits per heavy atom. The van der Waals surface area contributed by atoms with Crippen LogP contribution in [0.25, 0.3) is 0 Å². The van der Waals surface area contributed by atoms with Gasteiger partial charge in [-0.15, -0.1) is 0 Å². The Bertz CT molecular complexity index is 311. The van der Waals surface area contributed by atoms with Crippen LogP contribution in [0.5, 0.6) is 0 Å². The van der Waals surface area contributed by atoms with Crippen LogP contribution < -0.4 is 5.32 Å². The van der Waals surface area contributed by atoms with Crippen LogP contribution in [0.3, 0.4) is 0 Å². The van der Waals surface area contributed by atoms with E-state index in [0.717, 1.165) is 12.0 Å². The lowest BCUT2D eigenvalue weighted by molar-refractivity contribution is 0.320. The summed E-state index contributed by atoms with van der Waals surface area (Å²) in [4.78, 5) is 0. The second-order valence-electron chi connectivity index (χ2n) is 5.33. The highest BCUT2D eigenvalue weighted by Crippen LogP contribution is 2.18. The van der Waals surface area contributed by atoms with Gasteiger partial charge in [0.15, 0.2) is 0 Å². The second kappa shape index (κ2) is 5.49. The first-order chi connectivity index (χ1) is 7.74. The van der Waals surface area contributed by atoms with Crippen molar-refractivity contribution >= 4 is 0 Å². The molecule has 88 valence electrons. The van der Waals surface area contributed by atoms with Gasteiger partial charge in [-0.25, -0.2) is 0 Å². The van der Waals surface area contributed by atoms with Gasteiger partial charge >= 0.3 is 0 Å². The summed E-state index contributed by atoms with van der Waals surface area (Å²) in [6, 6.07) is 9.76. The minimum Gasteiger partial charge on any atom is -0.314 e. The van der Waals surface area contributed by atoms with E-state index in [1.807, 2.05) is 0 Å². The third kappa shape index (κ3) is 3.34. The van der Waals surface area contributed by atoms with Crippen LogP contribution in [-0.2, 0) is 6.42 Å². The molecule has 1 aliphatic carbocycles. The molecule has 2 rings (SSSR count). The van der Waals surface area contributed by atoms with Crippen LogP contribution in [-0.4, -0.2) is 12.6 Å². The maximum Gasteiger partial charge on any atom is 0.00671 e.